The lowest BCUT2D eigenvalue weighted by atomic mass is 10.1. The zero-order valence-electron chi connectivity index (χ0n) is 10.7. The highest BCUT2D eigenvalue weighted by atomic mass is 16.4. The van der Waals surface area contributed by atoms with E-state index in [1.807, 2.05) is 0 Å². The number of amides is 3. The van der Waals surface area contributed by atoms with Crippen molar-refractivity contribution in [1.29, 1.82) is 0 Å². The fourth-order valence-corrected chi connectivity index (χ4v) is 2.30. The van der Waals surface area contributed by atoms with Crippen LogP contribution in [0.4, 0.5) is 10.5 Å². The number of carbonyl (C=O) groups is 3. The van der Waals surface area contributed by atoms with E-state index in [0.29, 0.717) is 30.6 Å². The average Bonchev–Trinajstić information content (AvgIpc) is 2.86. The second-order valence-electron chi connectivity index (χ2n) is 4.56. The summed E-state index contributed by atoms with van der Waals surface area (Å²) in [5.74, 6) is -1.36. The van der Waals surface area contributed by atoms with Gasteiger partial charge in [0.1, 0.15) is 6.04 Å². The second kappa shape index (κ2) is 5.60. The molecule has 106 valence electrons. The lowest BCUT2D eigenvalue weighted by Gasteiger charge is -2.21. The van der Waals surface area contributed by atoms with Crippen LogP contribution in [0.3, 0.4) is 0 Å². The number of hydrogen-bond donors (Lipinski definition) is 3. The number of anilines is 1. The highest BCUT2D eigenvalue weighted by Gasteiger charge is 2.34. The number of likely N-dealkylation sites (tertiary alicyclic amines) is 1. The number of urea groups is 1. The molecule has 1 aliphatic rings. The van der Waals surface area contributed by atoms with Crippen LogP contribution in [0.5, 0.6) is 0 Å². The standard InChI is InChI=1S/C13H15N3O4/c14-13(20)15-9-4-1-3-8(7-9)11(17)16-6-2-5-10(16)12(18)19/h1,3-4,7,10H,2,5-6H2,(H,18,19)(H3,14,15,20)/t10-/m1/s1. The summed E-state index contributed by atoms with van der Waals surface area (Å²) in [5.41, 5.74) is 5.73. The van der Waals surface area contributed by atoms with E-state index >= 15 is 0 Å². The van der Waals surface area contributed by atoms with Gasteiger partial charge in [-0.05, 0) is 31.0 Å². The Morgan fingerprint density at radius 3 is 2.75 bits per heavy atom. The molecule has 20 heavy (non-hydrogen) atoms. The van der Waals surface area contributed by atoms with Crippen molar-refractivity contribution in [2.75, 3.05) is 11.9 Å². The van der Waals surface area contributed by atoms with Crippen LogP contribution in [0.1, 0.15) is 23.2 Å². The molecule has 7 nitrogen and oxygen atoms in total. The van der Waals surface area contributed by atoms with Gasteiger partial charge < -0.3 is 21.1 Å². The Hall–Kier alpha value is -2.57. The average molecular weight is 277 g/mol. The number of nitrogens with two attached hydrogens (primary N) is 1. The molecule has 0 saturated carbocycles. The second-order valence-corrected chi connectivity index (χ2v) is 4.56. The third-order valence-corrected chi connectivity index (χ3v) is 3.18. The van der Waals surface area contributed by atoms with Gasteiger partial charge in [-0.15, -0.1) is 0 Å². The van der Waals surface area contributed by atoms with Gasteiger partial charge in [0, 0.05) is 17.8 Å². The van der Waals surface area contributed by atoms with Gasteiger partial charge in [0.25, 0.3) is 5.91 Å². The minimum atomic E-state index is -0.998. The van der Waals surface area contributed by atoms with Gasteiger partial charge >= 0.3 is 12.0 Å². The molecule has 1 atom stereocenters. The van der Waals surface area contributed by atoms with E-state index in [0.717, 1.165) is 0 Å². The van der Waals surface area contributed by atoms with Crippen LogP contribution in [0.25, 0.3) is 0 Å². The van der Waals surface area contributed by atoms with Gasteiger partial charge in [-0.3, -0.25) is 4.79 Å². The summed E-state index contributed by atoms with van der Waals surface area (Å²) in [7, 11) is 0. The van der Waals surface area contributed by atoms with Gasteiger partial charge in [0.05, 0.1) is 0 Å². The van der Waals surface area contributed by atoms with E-state index in [9.17, 15) is 14.4 Å². The highest BCUT2D eigenvalue weighted by Crippen LogP contribution is 2.21. The number of primary amides is 1. The molecular formula is C13H15N3O4. The maximum absolute atomic E-state index is 12.3. The van der Waals surface area contributed by atoms with Crippen molar-refractivity contribution in [1.82, 2.24) is 4.90 Å². The summed E-state index contributed by atoms with van der Waals surface area (Å²) in [6, 6.07) is 4.75. The Morgan fingerprint density at radius 2 is 2.10 bits per heavy atom. The van der Waals surface area contributed by atoms with Crippen LogP contribution in [0.15, 0.2) is 24.3 Å². The molecule has 1 aliphatic heterocycles. The third kappa shape index (κ3) is 2.87. The van der Waals surface area contributed by atoms with Crippen molar-refractivity contribution < 1.29 is 19.5 Å². The predicted molar refractivity (Wildman–Crippen MR) is 71.3 cm³/mol. The Balaban J connectivity index is 2.20. The zero-order valence-corrected chi connectivity index (χ0v) is 10.7. The third-order valence-electron chi connectivity index (χ3n) is 3.18. The van der Waals surface area contributed by atoms with Crippen LogP contribution < -0.4 is 11.1 Å². The molecule has 0 bridgehead atoms. The van der Waals surface area contributed by atoms with Crippen molar-refractivity contribution in [3.05, 3.63) is 29.8 Å². The van der Waals surface area contributed by atoms with Gasteiger partial charge in [0.2, 0.25) is 0 Å². The van der Waals surface area contributed by atoms with E-state index in [2.05, 4.69) is 5.32 Å². The molecule has 1 saturated heterocycles. The molecule has 2 rings (SSSR count). The lowest BCUT2D eigenvalue weighted by Crippen LogP contribution is -2.40. The number of rotatable bonds is 3. The Kier molecular flexibility index (Phi) is 3.88. The fraction of sp³-hybridized carbons (Fsp3) is 0.308. The Labute approximate surface area is 115 Å². The van der Waals surface area contributed by atoms with E-state index in [-0.39, 0.29) is 5.91 Å². The van der Waals surface area contributed by atoms with E-state index in [1.165, 1.54) is 11.0 Å². The molecule has 7 heteroatoms. The van der Waals surface area contributed by atoms with Gasteiger partial charge in [-0.2, -0.15) is 0 Å². The van der Waals surface area contributed by atoms with Crippen molar-refractivity contribution in [3.8, 4) is 0 Å². The first kappa shape index (κ1) is 13.9. The van der Waals surface area contributed by atoms with E-state index in [4.69, 9.17) is 10.8 Å². The predicted octanol–water partition coefficient (Wildman–Crippen LogP) is 0.866. The Morgan fingerprint density at radius 1 is 1.35 bits per heavy atom. The number of hydrogen-bond acceptors (Lipinski definition) is 3. The van der Waals surface area contributed by atoms with Crippen LogP contribution in [-0.2, 0) is 4.79 Å². The van der Waals surface area contributed by atoms with Crippen LogP contribution in [0, 0.1) is 0 Å². The number of nitrogens with one attached hydrogen (secondary N) is 1. The van der Waals surface area contributed by atoms with Gasteiger partial charge in [-0.25, -0.2) is 9.59 Å². The van der Waals surface area contributed by atoms with Crippen molar-refractivity contribution >= 4 is 23.6 Å². The number of carboxylic acid groups (broad SMARTS) is 1. The molecule has 3 amide bonds. The number of nitrogens with zero attached hydrogens (tertiary/aromatic N) is 1. The maximum atomic E-state index is 12.3. The molecular weight excluding hydrogens is 262 g/mol. The lowest BCUT2D eigenvalue weighted by molar-refractivity contribution is -0.141. The summed E-state index contributed by atoms with van der Waals surface area (Å²) in [6.07, 6.45) is 1.13. The van der Waals surface area contributed by atoms with Crippen molar-refractivity contribution in [3.63, 3.8) is 0 Å². The molecule has 4 N–H and O–H groups in total. The number of benzene rings is 1. The highest BCUT2D eigenvalue weighted by molar-refractivity contribution is 5.98. The monoisotopic (exact) mass is 277 g/mol. The van der Waals surface area contributed by atoms with Crippen LogP contribution in [-0.4, -0.2) is 40.5 Å². The summed E-state index contributed by atoms with van der Waals surface area (Å²) < 4.78 is 0. The first-order valence-corrected chi connectivity index (χ1v) is 6.19. The zero-order chi connectivity index (χ0) is 14.7. The van der Waals surface area contributed by atoms with Crippen molar-refractivity contribution in [2.45, 2.75) is 18.9 Å². The van der Waals surface area contributed by atoms with Gasteiger partial charge in [0.15, 0.2) is 0 Å². The van der Waals surface area contributed by atoms with Crippen LogP contribution >= 0.6 is 0 Å². The molecule has 1 fully saturated rings. The molecule has 0 aromatic heterocycles. The quantitative estimate of drug-likeness (QED) is 0.760. The molecule has 0 spiro atoms. The minimum Gasteiger partial charge on any atom is -0.480 e. The molecule has 0 aliphatic carbocycles. The maximum Gasteiger partial charge on any atom is 0.326 e. The SMILES string of the molecule is NC(=O)Nc1cccc(C(=O)N2CCC[C@@H]2C(=O)O)c1. The normalized spacial score (nSPS) is 17.8. The van der Waals surface area contributed by atoms with Gasteiger partial charge in [-0.1, -0.05) is 6.07 Å². The molecule has 0 unspecified atom stereocenters. The van der Waals surface area contributed by atoms with E-state index in [1.54, 1.807) is 18.2 Å². The van der Waals surface area contributed by atoms with Crippen molar-refractivity contribution in [2.24, 2.45) is 5.73 Å². The topological polar surface area (TPSA) is 113 Å². The number of carboxylic acids is 1. The first-order chi connectivity index (χ1) is 9.49. The summed E-state index contributed by atoms with van der Waals surface area (Å²) in [6.45, 7) is 0.420. The largest absolute Gasteiger partial charge is 0.480 e. The molecule has 0 radical (unpaired) electrons. The summed E-state index contributed by atoms with van der Waals surface area (Å²) in [5, 5.41) is 11.5. The first-order valence-electron chi connectivity index (χ1n) is 6.19. The fourth-order valence-electron chi connectivity index (χ4n) is 2.30. The number of carbonyl (C=O) groups excluding carboxylic acids is 2. The Bertz CT molecular complexity index is 558. The molecule has 1 aromatic carbocycles. The minimum absolute atomic E-state index is 0.324. The van der Waals surface area contributed by atoms with E-state index < -0.39 is 18.0 Å². The smallest absolute Gasteiger partial charge is 0.326 e. The summed E-state index contributed by atoms with van der Waals surface area (Å²) in [4.78, 5) is 35.5. The van der Waals surface area contributed by atoms with Crippen LogP contribution in [0.2, 0.25) is 0 Å². The number of aliphatic carboxylic acids is 1. The molecule has 1 heterocycles. The summed E-state index contributed by atoms with van der Waals surface area (Å²) >= 11 is 0. The molecule has 1 aromatic rings.